The van der Waals surface area contributed by atoms with E-state index in [4.69, 9.17) is 4.74 Å². The van der Waals surface area contributed by atoms with E-state index in [2.05, 4.69) is 0 Å². The number of carbonyl (C=O) groups excluding carboxylic acids is 1. The Morgan fingerprint density at radius 1 is 1.43 bits per heavy atom. The molecule has 1 amide bonds. The van der Waals surface area contributed by atoms with Gasteiger partial charge >= 0.3 is 6.09 Å². The van der Waals surface area contributed by atoms with Crippen molar-refractivity contribution in [1.29, 1.82) is 0 Å². The van der Waals surface area contributed by atoms with Crippen molar-refractivity contribution < 1.29 is 9.53 Å². The minimum Gasteiger partial charge on any atom is -0.446 e. The van der Waals surface area contributed by atoms with E-state index in [-0.39, 0.29) is 17.7 Å². The smallest absolute Gasteiger partial charge is 0.410 e. The fourth-order valence-electron chi connectivity index (χ4n) is 1.57. The first-order chi connectivity index (χ1) is 6.45. The average Bonchev–Trinajstić information content (AvgIpc) is 1.95. The van der Waals surface area contributed by atoms with E-state index in [1.165, 1.54) is 6.42 Å². The van der Waals surface area contributed by atoms with Gasteiger partial charge in [0, 0.05) is 12.1 Å². The first-order valence-electron chi connectivity index (χ1n) is 5.43. The lowest BCUT2D eigenvalue weighted by atomic mass is 9.96. The Hall–Kier alpha value is -0.730. The van der Waals surface area contributed by atoms with E-state index >= 15 is 0 Å². The largest absolute Gasteiger partial charge is 0.446 e. The van der Waals surface area contributed by atoms with E-state index in [1.807, 2.05) is 27.7 Å². The van der Waals surface area contributed by atoms with Crippen molar-refractivity contribution in [3.8, 4) is 0 Å². The van der Waals surface area contributed by atoms with Gasteiger partial charge in [0.15, 0.2) is 0 Å². The highest BCUT2D eigenvalue weighted by Crippen LogP contribution is 2.24. The summed E-state index contributed by atoms with van der Waals surface area (Å²) >= 11 is 0. The zero-order chi connectivity index (χ0) is 10.8. The molecule has 14 heavy (non-hydrogen) atoms. The van der Waals surface area contributed by atoms with Gasteiger partial charge in [0.25, 0.3) is 0 Å². The molecule has 0 saturated heterocycles. The van der Waals surface area contributed by atoms with Gasteiger partial charge in [-0.25, -0.2) is 4.79 Å². The molecule has 3 heteroatoms. The first-order valence-corrected chi connectivity index (χ1v) is 5.43. The third-order valence-corrected chi connectivity index (χ3v) is 2.67. The Kier molecular flexibility index (Phi) is 3.40. The van der Waals surface area contributed by atoms with Crippen molar-refractivity contribution in [2.45, 2.75) is 58.6 Å². The van der Waals surface area contributed by atoms with Crippen molar-refractivity contribution >= 4 is 6.09 Å². The molecule has 0 aromatic carbocycles. The van der Waals surface area contributed by atoms with Crippen molar-refractivity contribution in [1.82, 2.24) is 4.90 Å². The maximum atomic E-state index is 11.7. The minimum absolute atomic E-state index is 0.143. The third-order valence-electron chi connectivity index (χ3n) is 2.67. The van der Waals surface area contributed by atoms with Crippen LogP contribution in [0.25, 0.3) is 0 Å². The second-order valence-electron chi connectivity index (χ2n) is 4.85. The van der Waals surface area contributed by atoms with Crippen molar-refractivity contribution in [3.05, 3.63) is 0 Å². The number of rotatable bonds is 2. The Labute approximate surface area is 86.4 Å². The van der Waals surface area contributed by atoms with Crippen molar-refractivity contribution in [2.75, 3.05) is 6.54 Å². The molecule has 1 fully saturated rings. The van der Waals surface area contributed by atoms with Gasteiger partial charge in [-0.15, -0.1) is 0 Å². The van der Waals surface area contributed by atoms with Gasteiger partial charge in [0.05, 0.1) is 0 Å². The van der Waals surface area contributed by atoms with Crippen LogP contribution in [0.5, 0.6) is 0 Å². The summed E-state index contributed by atoms with van der Waals surface area (Å²) in [6.07, 6.45) is 3.28. The van der Waals surface area contributed by atoms with E-state index < -0.39 is 0 Å². The summed E-state index contributed by atoms with van der Waals surface area (Å²) in [5.74, 6) is 0. The number of nitrogens with zero attached hydrogens (tertiary/aromatic N) is 1. The molecule has 1 aliphatic rings. The topological polar surface area (TPSA) is 29.5 Å². The summed E-state index contributed by atoms with van der Waals surface area (Å²) in [5.41, 5.74) is -0.143. The molecule has 0 spiro atoms. The van der Waals surface area contributed by atoms with Crippen LogP contribution >= 0.6 is 0 Å². The lowest BCUT2D eigenvalue weighted by Gasteiger charge is -2.36. The van der Waals surface area contributed by atoms with Gasteiger partial charge in [0.1, 0.15) is 6.10 Å². The van der Waals surface area contributed by atoms with Gasteiger partial charge in [-0.1, -0.05) is 0 Å². The van der Waals surface area contributed by atoms with Crippen LogP contribution in [0, 0.1) is 0 Å². The Bertz CT molecular complexity index is 204. The summed E-state index contributed by atoms with van der Waals surface area (Å²) in [7, 11) is 0. The normalized spacial score (nSPS) is 17.4. The lowest BCUT2D eigenvalue weighted by Crippen LogP contribution is -2.47. The van der Waals surface area contributed by atoms with Crippen LogP contribution in [0.4, 0.5) is 4.79 Å². The molecule has 1 aliphatic carbocycles. The summed E-state index contributed by atoms with van der Waals surface area (Å²) in [5, 5.41) is 0. The SMILES string of the molecule is CCN(C(=O)OC1CCC1)C(C)(C)C. The molecule has 82 valence electrons. The summed E-state index contributed by atoms with van der Waals surface area (Å²) in [6, 6.07) is 0. The Balaban J connectivity index is 2.47. The monoisotopic (exact) mass is 199 g/mol. The molecule has 0 bridgehead atoms. The highest BCUT2D eigenvalue weighted by molar-refractivity contribution is 5.68. The molecule has 1 saturated carbocycles. The van der Waals surface area contributed by atoms with E-state index in [1.54, 1.807) is 4.90 Å². The number of carbonyl (C=O) groups is 1. The zero-order valence-corrected chi connectivity index (χ0v) is 9.67. The van der Waals surface area contributed by atoms with Crippen LogP contribution in [0.3, 0.4) is 0 Å². The van der Waals surface area contributed by atoms with Crippen LogP contribution in [-0.2, 0) is 4.74 Å². The second kappa shape index (κ2) is 4.20. The Morgan fingerprint density at radius 2 is 2.00 bits per heavy atom. The fourth-order valence-corrected chi connectivity index (χ4v) is 1.57. The molecule has 0 heterocycles. The van der Waals surface area contributed by atoms with Crippen molar-refractivity contribution in [2.24, 2.45) is 0 Å². The average molecular weight is 199 g/mol. The van der Waals surface area contributed by atoms with Crippen LogP contribution in [0.2, 0.25) is 0 Å². The molecule has 0 radical (unpaired) electrons. The maximum Gasteiger partial charge on any atom is 0.410 e. The van der Waals surface area contributed by atoms with Gasteiger partial charge in [-0.05, 0) is 47.0 Å². The summed E-state index contributed by atoms with van der Waals surface area (Å²) in [4.78, 5) is 13.5. The molecule has 0 atom stereocenters. The second-order valence-corrected chi connectivity index (χ2v) is 4.85. The standard InChI is InChI=1S/C11H21NO2/c1-5-12(11(2,3)4)10(13)14-9-7-6-8-9/h9H,5-8H2,1-4H3. The number of hydrogen-bond acceptors (Lipinski definition) is 2. The highest BCUT2D eigenvalue weighted by Gasteiger charge is 2.29. The van der Waals surface area contributed by atoms with E-state index in [9.17, 15) is 4.79 Å². The van der Waals surface area contributed by atoms with E-state index in [0.717, 1.165) is 12.8 Å². The molecule has 0 N–H and O–H groups in total. The zero-order valence-electron chi connectivity index (χ0n) is 9.67. The molecule has 0 aliphatic heterocycles. The van der Waals surface area contributed by atoms with Gasteiger partial charge < -0.3 is 9.64 Å². The van der Waals surface area contributed by atoms with Gasteiger partial charge in [-0.2, -0.15) is 0 Å². The number of hydrogen-bond donors (Lipinski definition) is 0. The molecule has 3 nitrogen and oxygen atoms in total. The predicted molar refractivity (Wildman–Crippen MR) is 56.3 cm³/mol. The van der Waals surface area contributed by atoms with Crippen LogP contribution in [0.1, 0.15) is 47.0 Å². The van der Waals surface area contributed by atoms with Crippen molar-refractivity contribution in [3.63, 3.8) is 0 Å². The summed E-state index contributed by atoms with van der Waals surface area (Å²) in [6.45, 7) is 8.76. The van der Waals surface area contributed by atoms with Crippen LogP contribution < -0.4 is 0 Å². The first kappa shape index (κ1) is 11.3. The third kappa shape index (κ3) is 2.63. The van der Waals surface area contributed by atoms with Gasteiger partial charge in [0.2, 0.25) is 0 Å². The molecule has 0 unspecified atom stereocenters. The number of amides is 1. The van der Waals surface area contributed by atoms with Crippen LogP contribution in [0.15, 0.2) is 0 Å². The van der Waals surface area contributed by atoms with E-state index in [0.29, 0.717) is 6.54 Å². The van der Waals surface area contributed by atoms with Crippen LogP contribution in [-0.4, -0.2) is 29.2 Å². The molecular formula is C11H21NO2. The molecule has 0 aromatic heterocycles. The fraction of sp³-hybridized carbons (Fsp3) is 0.909. The lowest BCUT2D eigenvalue weighted by molar-refractivity contribution is 0.0105. The quantitative estimate of drug-likeness (QED) is 0.684. The Morgan fingerprint density at radius 3 is 2.29 bits per heavy atom. The molecular weight excluding hydrogens is 178 g/mol. The maximum absolute atomic E-state index is 11.7. The molecule has 1 rings (SSSR count). The summed E-state index contributed by atoms with van der Waals surface area (Å²) < 4.78 is 5.35. The predicted octanol–water partition coefficient (Wildman–Crippen LogP) is 2.80. The van der Waals surface area contributed by atoms with Gasteiger partial charge in [-0.3, -0.25) is 0 Å². The highest BCUT2D eigenvalue weighted by atomic mass is 16.6. The molecule has 0 aromatic rings. The minimum atomic E-state index is -0.162. The number of ether oxygens (including phenoxy) is 1.